The second kappa shape index (κ2) is 7.66. The normalized spacial score (nSPS) is 20.8. The quantitative estimate of drug-likeness (QED) is 0.629. The molecular weight excluding hydrogens is 412 g/mol. The van der Waals surface area contributed by atoms with Crippen molar-refractivity contribution in [1.29, 1.82) is 0 Å². The van der Waals surface area contributed by atoms with E-state index in [9.17, 15) is 13.2 Å². The van der Waals surface area contributed by atoms with Crippen molar-refractivity contribution in [3.05, 3.63) is 82.8 Å². The van der Waals surface area contributed by atoms with Gasteiger partial charge in [-0.25, -0.2) is 8.42 Å². The molecule has 6 nitrogen and oxygen atoms in total. The van der Waals surface area contributed by atoms with Crippen molar-refractivity contribution in [2.24, 2.45) is 5.92 Å². The Hall–Kier alpha value is -2.90. The van der Waals surface area contributed by atoms with Crippen LogP contribution in [0.1, 0.15) is 18.0 Å². The second-order valence-corrected chi connectivity index (χ2v) is 10.2. The standard InChI is InChI=1S/C24H24N2O4S/c1-30-20-7-9-21(10-8-20)31(28,29)25-14-17-13-19(16-25)24-22(18-5-3-2-4-6-18)11-12-23(27)26(24)15-17/h2-12,17,19H,13-16H2,1H3/t17-,19-/m1/s1. The van der Waals surface area contributed by atoms with Crippen LogP contribution in [0.15, 0.2) is 76.4 Å². The van der Waals surface area contributed by atoms with Crippen molar-refractivity contribution in [3.8, 4) is 16.9 Å². The van der Waals surface area contributed by atoms with Crippen molar-refractivity contribution in [2.45, 2.75) is 23.8 Å². The van der Waals surface area contributed by atoms with E-state index in [4.69, 9.17) is 4.74 Å². The molecule has 0 aliphatic carbocycles. The van der Waals surface area contributed by atoms with Gasteiger partial charge in [-0.15, -0.1) is 0 Å². The molecule has 2 aliphatic rings. The van der Waals surface area contributed by atoms with Gasteiger partial charge in [-0.05, 0) is 48.2 Å². The monoisotopic (exact) mass is 436 g/mol. The summed E-state index contributed by atoms with van der Waals surface area (Å²) in [4.78, 5) is 12.9. The summed E-state index contributed by atoms with van der Waals surface area (Å²) in [6, 6.07) is 20.0. The highest BCUT2D eigenvalue weighted by Crippen LogP contribution is 2.41. The Morgan fingerprint density at radius 1 is 0.903 bits per heavy atom. The molecule has 5 rings (SSSR count). The number of methoxy groups -OCH3 is 1. The highest BCUT2D eigenvalue weighted by atomic mass is 32.2. The van der Waals surface area contributed by atoms with Gasteiger partial charge in [-0.1, -0.05) is 30.3 Å². The number of ether oxygens (including phenoxy) is 1. The van der Waals surface area contributed by atoms with Gasteiger partial charge in [0, 0.05) is 42.9 Å². The maximum atomic E-state index is 13.4. The van der Waals surface area contributed by atoms with E-state index in [1.165, 1.54) is 0 Å². The summed E-state index contributed by atoms with van der Waals surface area (Å²) in [5.74, 6) is 0.711. The summed E-state index contributed by atoms with van der Waals surface area (Å²) in [5.41, 5.74) is 2.98. The molecule has 160 valence electrons. The minimum absolute atomic E-state index is 0.0177. The number of fused-ring (bicyclic) bond motifs is 4. The third-order valence-electron chi connectivity index (χ3n) is 6.34. The van der Waals surface area contributed by atoms with Gasteiger partial charge in [0.2, 0.25) is 10.0 Å². The van der Waals surface area contributed by atoms with E-state index in [1.54, 1.807) is 41.7 Å². The molecule has 0 unspecified atom stereocenters. The van der Waals surface area contributed by atoms with E-state index in [0.29, 0.717) is 25.4 Å². The maximum Gasteiger partial charge on any atom is 0.250 e. The van der Waals surface area contributed by atoms with Crippen LogP contribution >= 0.6 is 0 Å². The number of rotatable bonds is 4. The molecule has 0 amide bonds. The molecule has 2 aliphatic heterocycles. The molecule has 0 saturated carbocycles. The molecule has 2 bridgehead atoms. The zero-order valence-corrected chi connectivity index (χ0v) is 18.1. The number of aromatic nitrogens is 1. The van der Waals surface area contributed by atoms with Crippen LogP contribution in [0.5, 0.6) is 5.75 Å². The van der Waals surface area contributed by atoms with Crippen molar-refractivity contribution in [1.82, 2.24) is 8.87 Å². The van der Waals surface area contributed by atoms with Gasteiger partial charge in [-0.2, -0.15) is 4.31 Å². The Bertz CT molecular complexity index is 1270. The van der Waals surface area contributed by atoms with Crippen molar-refractivity contribution in [3.63, 3.8) is 0 Å². The summed E-state index contributed by atoms with van der Waals surface area (Å²) in [5, 5.41) is 0. The number of hydrogen-bond acceptors (Lipinski definition) is 4. The Morgan fingerprint density at radius 3 is 2.35 bits per heavy atom. The largest absolute Gasteiger partial charge is 0.497 e. The summed E-state index contributed by atoms with van der Waals surface area (Å²) < 4.78 is 35.3. The van der Waals surface area contributed by atoms with E-state index >= 15 is 0 Å². The second-order valence-electron chi connectivity index (χ2n) is 8.24. The zero-order valence-electron chi connectivity index (χ0n) is 17.3. The van der Waals surface area contributed by atoms with E-state index < -0.39 is 10.0 Å². The number of piperidine rings is 1. The molecule has 0 radical (unpaired) electrons. The Morgan fingerprint density at radius 2 is 1.65 bits per heavy atom. The third kappa shape index (κ3) is 3.47. The smallest absolute Gasteiger partial charge is 0.250 e. The predicted molar refractivity (Wildman–Crippen MR) is 119 cm³/mol. The van der Waals surface area contributed by atoms with Gasteiger partial charge in [0.1, 0.15) is 5.75 Å². The lowest BCUT2D eigenvalue weighted by Crippen LogP contribution is -2.49. The van der Waals surface area contributed by atoms with Crippen LogP contribution in [0.25, 0.3) is 11.1 Å². The van der Waals surface area contributed by atoms with Gasteiger partial charge in [0.15, 0.2) is 0 Å². The third-order valence-corrected chi connectivity index (χ3v) is 8.18. The fourth-order valence-corrected chi connectivity index (χ4v) is 6.49. The molecule has 31 heavy (non-hydrogen) atoms. The van der Waals surface area contributed by atoms with Gasteiger partial charge < -0.3 is 9.30 Å². The molecule has 0 spiro atoms. The number of hydrogen-bond donors (Lipinski definition) is 0. The first-order valence-corrected chi connectivity index (χ1v) is 11.8. The first-order valence-electron chi connectivity index (χ1n) is 10.4. The summed E-state index contributed by atoms with van der Waals surface area (Å²) >= 11 is 0. The first kappa shape index (κ1) is 20.0. The van der Waals surface area contributed by atoms with Crippen LogP contribution in [0.4, 0.5) is 0 Å². The minimum atomic E-state index is -3.63. The van der Waals surface area contributed by atoms with Crippen LogP contribution in [0.2, 0.25) is 0 Å². The van der Waals surface area contributed by atoms with Crippen molar-refractivity contribution >= 4 is 10.0 Å². The van der Waals surface area contributed by atoms with E-state index in [0.717, 1.165) is 23.2 Å². The van der Waals surface area contributed by atoms with Gasteiger partial charge in [0.25, 0.3) is 5.56 Å². The average molecular weight is 437 g/mol. The van der Waals surface area contributed by atoms with E-state index in [-0.39, 0.29) is 22.3 Å². The molecule has 0 N–H and O–H groups in total. The van der Waals surface area contributed by atoms with Crippen molar-refractivity contribution in [2.75, 3.05) is 20.2 Å². The highest BCUT2D eigenvalue weighted by molar-refractivity contribution is 7.89. The average Bonchev–Trinajstić information content (AvgIpc) is 2.80. The molecule has 1 aromatic heterocycles. The van der Waals surface area contributed by atoms with Crippen LogP contribution in [0, 0.1) is 5.92 Å². The van der Waals surface area contributed by atoms with E-state index in [2.05, 4.69) is 0 Å². The van der Waals surface area contributed by atoms with Crippen LogP contribution in [0.3, 0.4) is 0 Å². The van der Waals surface area contributed by atoms with Crippen LogP contribution < -0.4 is 10.3 Å². The molecule has 3 aromatic rings. The lowest BCUT2D eigenvalue weighted by atomic mass is 9.81. The SMILES string of the molecule is COc1ccc(S(=O)(=O)N2C[C@H]3C[C@H](C2)c2c(-c4ccccc4)ccc(=O)n2C3)cc1. The number of sulfonamides is 1. The summed E-state index contributed by atoms with van der Waals surface area (Å²) in [7, 11) is -2.07. The van der Waals surface area contributed by atoms with Crippen molar-refractivity contribution < 1.29 is 13.2 Å². The lowest BCUT2D eigenvalue weighted by Gasteiger charge is -2.42. The topological polar surface area (TPSA) is 68.6 Å². The van der Waals surface area contributed by atoms with Gasteiger partial charge in [0.05, 0.1) is 12.0 Å². The molecular formula is C24H24N2O4S. The molecule has 2 aromatic carbocycles. The number of benzene rings is 2. The molecule has 1 fully saturated rings. The zero-order chi connectivity index (χ0) is 21.6. The Labute approximate surface area is 181 Å². The van der Waals surface area contributed by atoms with Gasteiger partial charge >= 0.3 is 0 Å². The molecule has 7 heteroatoms. The first-order chi connectivity index (χ1) is 15.0. The summed E-state index contributed by atoms with van der Waals surface area (Å²) in [6.07, 6.45) is 0.887. The number of nitrogens with zero attached hydrogens (tertiary/aromatic N) is 2. The fourth-order valence-electron chi connectivity index (χ4n) is 4.93. The molecule has 1 saturated heterocycles. The van der Waals surface area contributed by atoms with E-state index in [1.807, 2.05) is 41.0 Å². The Kier molecular flexibility index (Phi) is 4.95. The van der Waals surface area contributed by atoms with Gasteiger partial charge in [-0.3, -0.25) is 4.79 Å². The number of pyridine rings is 1. The lowest BCUT2D eigenvalue weighted by molar-refractivity contribution is 0.187. The molecule has 2 atom stereocenters. The summed E-state index contributed by atoms with van der Waals surface area (Å²) in [6.45, 7) is 1.33. The highest BCUT2D eigenvalue weighted by Gasteiger charge is 2.40. The Balaban J connectivity index is 1.54. The van der Waals surface area contributed by atoms with Crippen LogP contribution in [-0.4, -0.2) is 37.5 Å². The predicted octanol–water partition coefficient (Wildman–Crippen LogP) is 3.33. The molecule has 3 heterocycles. The maximum absolute atomic E-state index is 13.4. The van der Waals surface area contributed by atoms with Crippen LogP contribution in [-0.2, 0) is 16.6 Å². The minimum Gasteiger partial charge on any atom is -0.497 e. The fraction of sp³-hybridized carbons (Fsp3) is 0.292.